The molecule has 4 nitrogen and oxygen atoms in total. The Kier molecular flexibility index (Phi) is 18.2. The van der Waals surface area contributed by atoms with Gasteiger partial charge in [-0.05, 0) is 127 Å². The highest BCUT2D eigenvalue weighted by Gasteiger charge is 2.47. The first-order chi connectivity index (χ1) is 29.9. The summed E-state index contributed by atoms with van der Waals surface area (Å²) in [5, 5.41) is 3.35. The third-order valence-electron chi connectivity index (χ3n) is 12.3. The zero-order valence-corrected chi connectivity index (χ0v) is 40.5. The minimum Gasteiger partial charge on any atom is -0.494 e. The molecule has 0 atom stereocenters. The molecule has 0 amide bonds. The zero-order chi connectivity index (χ0) is 42.9. The highest BCUT2D eigenvalue weighted by molar-refractivity contribution is 7.30. The highest BCUT2D eigenvalue weighted by Crippen LogP contribution is 2.46. The van der Waals surface area contributed by atoms with Crippen LogP contribution < -0.4 is 24.7 Å². The van der Waals surface area contributed by atoms with Crippen LogP contribution in [0.5, 0.6) is 11.5 Å². The average Bonchev–Trinajstić information content (AvgIpc) is 3.97. The van der Waals surface area contributed by atoms with Crippen LogP contribution in [0.1, 0.15) is 142 Å². The van der Waals surface area contributed by atoms with Crippen molar-refractivity contribution in [3.8, 4) is 31.7 Å². The fraction of sp³-hybridized carbons (Fsp3) is 0.463. The van der Waals surface area contributed by atoms with E-state index in [1.807, 2.05) is 29.6 Å². The van der Waals surface area contributed by atoms with Gasteiger partial charge in [0.05, 0.1) is 19.8 Å². The zero-order valence-electron chi connectivity index (χ0n) is 37.8. The average molecular weight is 871 g/mol. The molecule has 0 unspecified atom stereocenters. The lowest BCUT2D eigenvalue weighted by Crippen LogP contribution is -2.54. The minimum atomic E-state index is -2.00. The van der Waals surface area contributed by atoms with E-state index in [9.17, 15) is 0 Å². The molecule has 3 heterocycles. The summed E-state index contributed by atoms with van der Waals surface area (Å²) in [5.41, 5.74) is 5.36. The lowest BCUT2D eigenvalue weighted by molar-refractivity contribution is 0.305. The summed E-state index contributed by atoms with van der Waals surface area (Å²) < 4.78 is 12.3. The molecule has 0 N–H and O–H groups in total. The molecular weight excluding hydrogens is 801 g/mol. The van der Waals surface area contributed by atoms with Gasteiger partial charge < -0.3 is 14.4 Å². The molecule has 61 heavy (non-hydrogen) atoms. The van der Waals surface area contributed by atoms with Gasteiger partial charge in [0.2, 0.25) is 0 Å². The minimum absolute atomic E-state index is 0.756. The van der Waals surface area contributed by atoms with E-state index >= 15 is 0 Å². The van der Waals surface area contributed by atoms with Crippen LogP contribution in [-0.4, -0.2) is 21.3 Å². The van der Waals surface area contributed by atoms with Gasteiger partial charge in [0, 0.05) is 36.6 Å². The van der Waals surface area contributed by atoms with E-state index in [0.717, 1.165) is 60.3 Å². The lowest BCUT2D eigenvalue weighted by Gasteiger charge is -2.29. The Labute approximate surface area is 377 Å². The van der Waals surface area contributed by atoms with Gasteiger partial charge in [-0.1, -0.05) is 130 Å². The summed E-state index contributed by atoms with van der Waals surface area (Å²) in [7, 11) is -2.00. The Balaban J connectivity index is 1.32. The van der Waals surface area contributed by atoms with Gasteiger partial charge in [-0.3, -0.25) is 0 Å². The summed E-state index contributed by atoms with van der Waals surface area (Å²) >= 11 is 3.92. The molecular formula is C54H70N2O2S2Si. The molecule has 0 saturated carbocycles. The topological polar surface area (TPSA) is 26.1 Å². The molecule has 324 valence electrons. The second-order valence-electron chi connectivity index (χ2n) is 17.0. The fourth-order valence-electron chi connectivity index (χ4n) is 8.86. The summed E-state index contributed by atoms with van der Waals surface area (Å²) in [6.45, 7) is 20.2. The fourth-order valence-corrected chi connectivity index (χ4v) is 18.3. The molecule has 0 spiro atoms. The number of fused-ring (bicyclic) bond motifs is 3. The number of unbranched alkanes of at least 4 members (excludes halogenated alkanes) is 12. The van der Waals surface area contributed by atoms with Crippen LogP contribution in [0, 0.1) is 6.57 Å². The van der Waals surface area contributed by atoms with Crippen LogP contribution in [0.4, 0.5) is 17.1 Å². The van der Waals surface area contributed by atoms with Crippen LogP contribution in [0.25, 0.3) is 31.1 Å². The maximum atomic E-state index is 7.63. The normalized spacial score (nSPS) is 12.9. The first-order valence-corrected chi connectivity index (χ1v) is 27.7. The summed E-state index contributed by atoms with van der Waals surface area (Å²) in [6, 6.07) is 34.2. The van der Waals surface area contributed by atoms with Gasteiger partial charge in [-0.25, -0.2) is 4.85 Å². The highest BCUT2D eigenvalue weighted by atomic mass is 32.1. The predicted octanol–water partition coefficient (Wildman–Crippen LogP) is 16.8. The summed E-state index contributed by atoms with van der Waals surface area (Å²) in [4.78, 5) is 11.7. The number of anilines is 3. The number of hydrogen-bond acceptors (Lipinski definition) is 5. The number of rotatable bonds is 27. The molecule has 1 aliphatic rings. The van der Waals surface area contributed by atoms with Crippen molar-refractivity contribution in [2.75, 3.05) is 18.1 Å². The molecule has 0 radical (unpaired) electrons. The first-order valence-electron chi connectivity index (χ1n) is 23.7. The molecule has 0 bridgehead atoms. The van der Waals surface area contributed by atoms with E-state index in [0.29, 0.717) is 0 Å². The second-order valence-corrected chi connectivity index (χ2v) is 23.4. The van der Waals surface area contributed by atoms with Crippen LogP contribution >= 0.6 is 22.7 Å². The van der Waals surface area contributed by atoms with Gasteiger partial charge in [-0.15, -0.1) is 22.7 Å². The Morgan fingerprint density at radius 2 is 1.02 bits per heavy atom. The molecule has 3 aromatic carbocycles. The number of thiophene rings is 2. The van der Waals surface area contributed by atoms with Crippen molar-refractivity contribution in [3.05, 3.63) is 107 Å². The van der Waals surface area contributed by atoms with Gasteiger partial charge in [0.15, 0.2) is 5.70 Å². The molecule has 1 aliphatic heterocycles. The standard InChI is InChI=1S/C54H70N2O2S2Si/c1-7-11-15-19-35-57-47-31-27-45(28-32-47)56(46-29-33-48(34-30-46)58-36-20-16-12-8-2)44-25-23-43(24-26-44)50-41-52-54(60-50)53-51(40-49(59-53)39-42(5)55-6)61(52,37-21-17-13-9-3)38-22-18-14-10-4/h23-34,39-41H,7-22,35-38H2,1-5H3/b42-39-. The largest absolute Gasteiger partial charge is 0.494 e. The maximum absolute atomic E-state index is 7.63. The number of nitrogens with zero attached hydrogens (tertiary/aromatic N) is 2. The first kappa shape index (κ1) is 46.4. The van der Waals surface area contributed by atoms with Crippen molar-refractivity contribution in [2.45, 2.75) is 149 Å². The number of benzene rings is 3. The molecule has 0 aliphatic carbocycles. The lowest BCUT2D eigenvalue weighted by atomic mass is 10.1. The maximum Gasteiger partial charge on any atom is 0.163 e. The summed E-state index contributed by atoms with van der Waals surface area (Å²) in [5.74, 6) is 1.84. The Morgan fingerprint density at radius 1 is 0.574 bits per heavy atom. The van der Waals surface area contributed by atoms with Gasteiger partial charge in [0.25, 0.3) is 0 Å². The number of allylic oxidation sites excluding steroid dienone is 1. The molecule has 0 fully saturated rings. The van der Waals surface area contributed by atoms with Crippen molar-refractivity contribution in [2.24, 2.45) is 0 Å². The third kappa shape index (κ3) is 12.1. The molecule has 6 rings (SSSR count). The molecule has 7 heteroatoms. The molecule has 2 aromatic heterocycles. The van der Waals surface area contributed by atoms with E-state index in [2.05, 4.69) is 128 Å². The van der Waals surface area contributed by atoms with Crippen molar-refractivity contribution < 1.29 is 9.47 Å². The van der Waals surface area contributed by atoms with Gasteiger partial charge in [-0.2, -0.15) is 0 Å². The molecule has 0 saturated heterocycles. The molecule has 5 aromatic rings. The van der Waals surface area contributed by atoms with Crippen LogP contribution in [0.3, 0.4) is 0 Å². The Hall–Kier alpha value is -4.09. The number of ether oxygens (including phenoxy) is 2. The quantitative estimate of drug-likeness (QED) is 0.0299. The van der Waals surface area contributed by atoms with E-state index in [-0.39, 0.29) is 0 Å². The van der Waals surface area contributed by atoms with Crippen molar-refractivity contribution in [3.63, 3.8) is 0 Å². The van der Waals surface area contributed by atoms with Crippen molar-refractivity contribution in [1.29, 1.82) is 0 Å². The van der Waals surface area contributed by atoms with E-state index in [1.165, 1.54) is 127 Å². The van der Waals surface area contributed by atoms with E-state index in [1.54, 1.807) is 10.4 Å². The van der Waals surface area contributed by atoms with Crippen LogP contribution in [-0.2, 0) is 0 Å². The predicted molar refractivity (Wildman–Crippen MR) is 270 cm³/mol. The number of hydrogen-bond donors (Lipinski definition) is 0. The SMILES string of the molecule is [C-]#[N+]/C(C)=C\c1cc2c(s1)-c1sc(-c3ccc(N(c4ccc(OCCCCCC)cc4)c4ccc(OCCCCCC)cc4)cc3)cc1[Si]2(CCCCCC)CCCCCC. The second kappa shape index (κ2) is 23.9. The summed E-state index contributed by atoms with van der Waals surface area (Å²) in [6.07, 6.45) is 22.1. The van der Waals surface area contributed by atoms with E-state index in [4.69, 9.17) is 16.0 Å². The van der Waals surface area contributed by atoms with Crippen molar-refractivity contribution >= 4 is 64.3 Å². The Bertz CT molecular complexity index is 2070. The van der Waals surface area contributed by atoms with E-state index < -0.39 is 8.07 Å². The van der Waals surface area contributed by atoms with Crippen LogP contribution in [0.15, 0.2) is 90.6 Å². The van der Waals surface area contributed by atoms with Gasteiger partial charge >= 0.3 is 0 Å². The van der Waals surface area contributed by atoms with Crippen molar-refractivity contribution in [1.82, 2.24) is 0 Å². The Morgan fingerprint density at radius 3 is 1.49 bits per heavy atom. The van der Waals surface area contributed by atoms with Gasteiger partial charge in [0.1, 0.15) is 19.6 Å². The van der Waals surface area contributed by atoms with Crippen LogP contribution in [0.2, 0.25) is 12.1 Å². The third-order valence-corrected chi connectivity index (χ3v) is 20.4. The smallest absolute Gasteiger partial charge is 0.163 e. The monoisotopic (exact) mass is 870 g/mol.